The topological polar surface area (TPSA) is 41.1 Å². The molecule has 1 rings (SSSR count). The maximum Gasteiger partial charge on any atom is 0.237 e. The molecular weight excluding hydrogens is 248 g/mol. The summed E-state index contributed by atoms with van der Waals surface area (Å²) < 4.78 is 0. The number of carbonyl (C=O) groups is 1. The second-order valence-corrected chi connectivity index (χ2v) is 5.66. The molecule has 1 amide bonds. The van der Waals surface area contributed by atoms with Crippen LogP contribution in [0.1, 0.15) is 57.7 Å². The summed E-state index contributed by atoms with van der Waals surface area (Å²) in [4.78, 5) is 12.1. The van der Waals surface area contributed by atoms with Crippen molar-refractivity contribution in [2.45, 2.75) is 65.6 Å². The summed E-state index contributed by atoms with van der Waals surface area (Å²) in [7, 11) is 0. The minimum atomic E-state index is -0.191. The van der Waals surface area contributed by atoms with Gasteiger partial charge in [0.15, 0.2) is 0 Å². The Balaban J connectivity index is 2.55. The molecule has 0 aliphatic carbocycles. The second kappa shape index (κ2) is 8.05. The van der Waals surface area contributed by atoms with Crippen LogP contribution in [0.15, 0.2) is 24.3 Å². The Morgan fingerprint density at radius 2 is 1.85 bits per heavy atom. The van der Waals surface area contributed by atoms with E-state index < -0.39 is 0 Å². The molecule has 3 unspecified atom stereocenters. The number of nitrogens with one attached hydrogen (secondary N) is 2. The van der Waals surface area contributed by atoms with Crippen molar-refractivity contribution in [2.24, 2.45) is 0 Å². The maximum atomic E-state index is 12.1. The number of carbonyl (C=O) groups excluding carboxylic acids is 1. The molecule has 0 fully saturated rings. The van der Waals surface area contributed by atoms with Gasteiger partial charge >= 0.3 is 0 Å². The lowest BCUT2D eigenvalue weighted by Crippen LogP contribution is -2.46. The van der Waals surface area contributed by atoms with E-state index in [0.717, 1.165) is 12.8 Å². The number of hydrogen-bond donors (Lipinski definition) is 2. The standard InChI is InChI=1S/C17H28N2O/c1-6-9-13(3)18-17(20)15(5)19-14(4)16-11-8-7-10-12(16)2/h7-8,10-11,13-15,19H,6,9H2,1-5H3,(H,18,20). The highest BCUT2D eigenvalue weighted by atomic mass is 16.2. The summed E-state index contributed by atoms with van der Waals surface area (Å²) in [5.74, 6) is 0.0754. The highest BCUT2D eigenvalue weighted by Gasteiger charge is 2.18. The van der Waals surface area contributed by atoms with Crippen LogP contribution < -0.4 is 10.6 Å². The van der Waals surface area contributed by atoms with E-state index in [1.54, 1.807) is 0 Å². The summed E-state index contributed by atoms with van der Waals surface area (Å²) in [5, 5.41) is 6.42. The lowest BCUT2D eigenvalue weighted by atomic mass is 10.0. The SMILES string of the molecule is CCCC(C)NC(=O)C(C)NC(C)c1ccccc1C. The molecule has 0 heterocycles. The van der Waals surface area contributed by atoms with Gasteiger partial charge in [0.2, 0.25) is 5.91 Å². The van der Waals surface area contributed by atoms with Crippen LogP contribution in [-0.2, 0) is 4.79 Å². The number of amides is 1. The molecule has 0 aromatic heterocycles. The van der Waals surface area contributed by atoms with Crippen LogP contribution in [0.3, 0.4) is 0 Å². The van der Waals surface area contributed by atoms with E-state index in [2.05, 4.69) is 50.5 Å². The molecule has 0 bridgehead atoms. The molecule has 20 heavy (non-hydrogen) atoms. The van der Waals surface area contributed by atoms with Crippen LogP contribution >= 0.6 is 0 Å². The third-order valence-corrected chi connectivity index (χ3v) is 3.66. The quantitative estimate of drug-likeness (QED) is 0.802. The van der Waals surface area contributed by atoms with Gasteiger partial charge in [0.05, 0.1) is 6.04 Å². The molecule has 1 aromatic carbocycles. The molecule has 3 heteroatoms. The predicted octanol–water partition coefficient (Wildman–Crippen LogP) is 3.34. The summed E-state index contributed by atoms with van der Waals surface area (Å²) in [5.41, 5.74) is 2.49. The first kappa shape index (κ1) is 16.7. The summed E-state index contributed by atoms with van der Waals surface area (Å²) in [6, 6.07) is 8.49. The maximum absolute atomic E-state index is 12.1. The molecule has 1 aromatic rings. The molecule has 0 saturated heterocycles. The predicted molar refractivity (Wildman–Crippen MR) is 84.7 cm³/mol. The Kier molecular flexibility index (Phi) is 6.73. The van der Waals surface area contributed by atoms with Gasteiger partial charge in [0.25, 0.3) is 0 Å². The van der Waals surface area contributed by atoms with Crippen molar-refractivity contribution < 1.29 is 4.79 Å². The molecule has 0 spiro atoms. The highest BCUT2D eigenvalue weighted by Crippen LogP contribution is 2.17. The average molecular weight is 276 g/mol. The fourth-order valence-corrected chi connectivity index (χ4v) is 2.49. The Labute approximate surface area is 123 Å². The van der Waals surface area contributed by atoms with Crippen molar-refractivity contribution in [1.29, 1.82) is 0 Å². The summed E-state index contributed by atoms with van der Waals surface area (Å²) in [6.07, 6.45) is 2.11. The largest absolute Gasteiger partial charge is 0.352 e. The minimum Gasteiger partial charge on any atom is -0.352 e. The number of hydrogen-bond acceptors (Lipinski definition) is 2. The molecule has 0 aliphatic rings. The van der Waals surface area contributed by atoms with Crippen LogP contribution in [-0.4, -0.2) is 18.0 Å². The molecular formula is C17H28N2O. The van der Waals surface area contributed by atoms with E-state index in [9.17, 15) is 4.79 Å². The van der Waals surface area contributed by atoms with Crippen LogP contribution in [0.4, 0.5) is 0 Å². The zero-order chi connectivity index (χ0) is 15.1. The van der Waals surface area contributed by atoms with Crippen molar-refractivity contribution in [2.75, 3.05) is 0 Å². The Morgan fingerprint density at radius 3 is 2.45 bits per heavy atom. The molecule has 0 saturated carbocycles. The van der Waals surface area contributed by atoms with Gasteiger partial charge in [-0.1, -0.05) is 37.6 Å². The smallest absolute Gasteiger partial charge is 0.237 e. The van der Waals surface area contributed by atoms with Gasteiger partial charge < -0.3 is 5.32 Å². The second-order valence-electron chi connectivity index (χ2n) is 5.66. The van der Waals surface area contributed by atoms with Crippen molar-refractivity contribution in [1.82, 2.24) is 10.6 Å². The van der Waals surface area contributed by atoms with Crippen LogP contribution in [0.2, 0.25) is 0 Å². The van der Waals surface area contributed by atoms with Gasteiger partial charge in [0.1, 0.15) is 0 Å². The van der Waals surface area contributed by atoms with E-state index in [-0.39, 0.29) is 24.0 Å². The van der Waals surface area contributed by atoms with Gasteiger partial charge in [-0.05, 0) is 45.2 Å². The molecule has 2 N–H and O–H groups in total. The highest BCUT2D eigenvalue weighted by molar-refractivity contribution is 5.81. The Bertz CT molecular complexity index is 431. The van der Waals surface area contributed by atoms with Crippen molar-refractivity contribution >= 4 is 5.91 Å². The van der Waals surface area contributed by atoms with Crippen molar-refractivity contribution in [3.05, 3.63) is 35.4 Å². The average Bonchev–Trinajstić information content (AvgIpc) is 2.39. The first-order valence-electron chi connectivity index (χ1n) is 7.57. The van der Waals surface area contributed by atoms with Gasteiger partial charge in [-0.2, -0.15) is 0 Å². The van der Waals surface area contributed by atoms with E-state index in [1.807, 2.05) is 19.1 Å². The number of rotatable bonds is 7. The molecule has 0 radical (unpaired) electrons. The number of aryl methyl sites for hydroxylation is 1. The summed E-state index contributed by atoms with van der Waals surface area (Å²) >= 11 is 0. The molecule has 3 atom stereocenters. The first-order valence-corrected chi connectivity index (χ1v) is 7.57. The lowest BCUT2D eigenvalue weighted by molar-refractivity contribution is -0.123. The van der Waals surface area contributed by atoms with Crippen LogP contribution in [0, 0.1) is 6.92 Å². The van der Waals surface area contributed by atoms with Gasteiger partial charge in [-0.3, -0.25) is 10.1 Å². The van der Waals surface area contributed by atoms with E-state index in [0.29, 0.717) is 0 Å². The summed E-state index contributed by atoms with van der Waals surface area (Å²) in [6.45, 7) is 10.3. The fourth-order valence-electron chi connectivity index (χ4n) is 2.49. The monoisotopic (exact) mass is 276 g/mol. The van der Waals surface area contributed by atoms with Crippen LogP contribution in [0.5, 0.6) is 0 Å². The minimum absolute atomic E-state index is 0.0754. The lowest BCUT2D eigenvalue weighted by Gasteiger charge is -2.23. The van der Waals surface area contributed by atoms with Gasteiger partial charge in [-0.25, -0.2) is 0 Å². The number of benzene rings is 1. The van der Waals surface area contributed by atoms with E-state index in [4.69, 9.17) is 0 Å². The fraction of sp³-hybridized carbons (Fsp3) is 0.588. The third kappa shape index (κ3) is 4.97. The Hall–Kier alpha value is -1.35. The zero-order valence-corrected chi connectivity index (χ0v) is 13.4. The molecule has 112 valence electrons. The van der Waals surface area contributed by atoms with E-state index >= 15 is 0 Å². The molecule has 3 nitrogen and oxygen atoms in total. The zero-order valence-electron chi connectivity index (χ0n) is 13.4. The van der Waals surface area contributed by atoms with Crippen LogP contribution in [0.25, 0.3) is 0 Å². The first-order chi connectivity index (χ1) is 9.45. The van der Waals surface area contributed by atoms with Crippen molar-refractivity contribution in [3.8, 4) is 0 Å². The van der Waals surface area contributed by atoms with Gasteiger partial charge in [-0.15, -0.1) is 0 Å². The van der Waals surface area contributed by atoms with Crippen molar-refractivity contribution in [3.63, 3.8) is 0 Å². The van der Waals surface area contributed by atoms with Gasteiger partial charge in [0, 0.05) is 12.1 Å². The third-order valence-electron chi connectivity index (χ3n) is 3.66. The van der Waals surface area contributed by atoms with E-state index in [1.165, 1.54) is 11.1 Å². The Morgan fingerprint density at radius 1 is 1.20 bits per heavy atom. The molecule has 0 aliphatic heterocycles. The normalized spacial score (nSPS) is 15.4.